The molecule has 3 aromatic rings. The Morgan fingerprint density at radius 3 is 2.71 bits per heavy atom. The van der Waals surface area contributed by atoms with Crippen LogP contribution in [0, 0.1) is 6.92 Å². The molecule has 0 amide bonds. The van der Waals surface area contributed by atoms with E-state index in [1.807, 2.05) is 49.4 Å². The summed E-state index contributed by atoms with van der Waals surface area (Å²) in [6.07, 6.45) is 0.0124. The summed E-state index contributed by atoms with van der Waals surface area (Å²) in [7, 11) is 0. The fourth-order valence-corrected chi connectivity index (χ4v) is 2.80. The van der Waals surface area contributed by atoms with E-state index < -0.39 is 6.10 Å². The van der Waals surface area contributed by atoms with E-state index in [0.29, 0.717) is 6.42 Å². The number of imidazole rings is 1. The molecule has 0 spiro atoms. The number of aliphatic hydroxyl groups excluding tert-OH is 1. The first-order valence-corrected chi connectivity index (χ1v) is 7.38. The van der Waals surface area contributed by atoms with Gasteiger partial charge in [-0.2, -0.15) is 0 Å². The number of fused-ring (bicyclic) bond motifs is 1. The molecule has 1 N–H and O–H groups in total. The van der Waals surface area contributed by atoms with Gasteiger partial charge in [0.15, 0.2) is 0 Å². The molecule has 0 radical (unpaired) electrons. The van der Waals surface area contributed by atoms with E-state index in [-0.39, 0.29) is 0 Å². The highest BCUT2D eigenvalue weighted by Gasteiger charge is 2.15. The third-order valence-corrected chi connectivity index (χ3v) is 3.85. The maximum atomic E-state index is 10.5. The normalized spacial score (nSPS) is 12.7. The minimum absolute atomic E-state index is 0.521. The summed E-state index contributed by atoms with van der Waals surface area (Å²) in [5.74, 6) is 0.938. The van der Waals surface area contributed by atoms with Gasteiger partial charge >= 0.3 is 0 Å². The van der Waals surface area contributed by atoms with E-state index in [1.54, 1.807) is 0 Å². The van der Waals surface area contributed by atoms with Crippen molar-refractivity contribution in [3.63, 3.8) is 0 Å². The number of rotatable bonds is 4. The van der Waals surface area contributed by atoms with Crippen molar-refractivity contribution >= 4 is 11.0 Å². The van der Waals surface area contributed by atoms with Gasteiger partial charge in [0.05, 0.1) is 17.1 Å². The number of benzene rings is 2. The van der Waals surface area contributed by atoms with Gasteiger partial charge < -0.3 is 9.67 Å². The first-order valence-electron chi connectivity index (χ1n) is 7.38. The van der Waals surface area contributed by atoms with Gasteiger partial charge in [-0.1, -0.05) is 42.0 Å². The van der Waals surface area contributed by atoms with E-state index in [1.165, 1.54) is 0 Å². The lowest BCUT2D eigenvalue weighted by molar-refractivity contribution is 0.174. The maximum absolute atomic E-state index is 10.5. The number of hydrogen-bond donors (Lipinski definition) is 1. The van der Waals surface area contributed by atoms with Crippen LogP contribution in [0.2, 0.25) is 0 Å². The zero-order valence-electron chi connectivity index (χ0n) is 12.5. The molecule has 0 aliphatic rings. The summed E-state index contributed by atoms with van der Waals surface area (Å²) < 4.78 is 2.17. The molecule has 0 saturated carbocycles. The van der Waals surface area contributed by atoms with Crippen LogP contribution >= 0.6 is 0 Å². The predicted molar refractivity (Wildman–Crippen MR) is 85.2 cm³/mol. The Morgan fingerprint density at radius 2 is 1.95 bits per heavy atom. The van der Waals surface area contributed by atoms with Crippen molar-refractivity contribution in [1.29, 1.82) is 0 Å². The minimum atomic E-state index is -0.521. The molecule has 3 rings (SSSR count). The van der Waals surface area contributed by atoms with Gasteiger partial charge in [-0.05, 0) is 31.5 Å². The summed E-state index contributed by atoms with van der Waals surface area (Å²) in [6, 6.07) is 16.1. The summed E-state index contributed by atoms with van der Waals surface area (Å²) in [5, 5.41) is 10.5. The molecule has 1 aromatic heterocycles. The number of nitrogens with zero attached hydrogens (tertiary/aromatic N) is 2. The minimum Gasteiger partial charge on any atom is -0.388 e. The Hall–Kier alpha value is -2.13. The largest absolute Gasteiger partial charge is 0.388 e. The Labute approximate surface area is 124 Å². The summed E-state index contributed by atoms with van der Waals surface area (Å²) in [5.41, 5.74) is 4.23. The Morgan fingerprint density at radius 1 is 1.14 bits per heavy atom. The smallest absolute Gasteiger partial charge is 0.112 e. The number of hydrogen-bond acceptors (Lipinski definition) is 2. The van der Waals surface area contributed by atoms with Crippen molar-refractivity contribution in [2.45, 2.75) is 32.9 Å². The lowest BCUT2D eigenvalue weighted by atomic mass is 10.0. The summed E-state index contributed by atoms with van der Waals surface area (Å²) >= 11 is 0. The van der Waals surface area contributed by atoms with Gasteiger partial charge in [-0.25, -0.2) is 4.98 Å². The van der Waals surface area contributed by atoms with Crippen molar-refractivity contribution in [2.75, 3.05) is 0 Å². The van der Waals surface area contributed by atoms with Gasteiger partial charge in [0, 0.05) is 13.0 Å². The number of aromatic nitrogens is 2. The molecule has 1 atom stereocenters. The van der Waals surface area contributed by atoms with Crippen molar-refractivity contribution in [1.82, 2.24) is 9.55 Å². The van der Waals surface area contributed by atoms with E-state index in [4.69, 9.17) is 0 Å². The molecule has 0 aliphatic carbocycles. The predicted octanol–water partition coefficient (Wildman–Crippen LogP) is 3.64. The van der Waals surface area contributed by atoms with E-state index in [0.717, 1.165) is 34.5 Å². The molecule has 1 heterocycles. The molecule has 0 aliphatic heterocycles. The van der Waals surface area contributed by atoms with Crippen LogP contribution in [-0.2, 0) is 13.0 Å². The van der Waals surface area contributed by atoms with Gasteiger partial charge in [0.25, 0.3) is 0 Å². The molecule has 2 aromatic carbocycles. The van der Waals surface area contributed by atoms with Crippen LogP contribution in [0.15, 0.2) is 48.5 Å². The Balaban J connectivity index is 1.94. The highest BCUT2D eigenvalue weighted by molar-refractivity contribution is 5.75. The molecule has 108 valence electrons. The van der Waals surface area contributed by atoms with Gasteiger partial charge in [-0.3, -0.25) is 0 Å². The molecular formula is C18H20N2O. The van der Waals surface area contributed by atoms with Crippen LogP contribution in [0.1, 0.15) is 30.0 Å². The molecule has 3 heteroatoms. The van der Waals surface area contributed by atoms with Crippen LogP contribution in [0.4, 0.5) is 0 Å². The van der Waals surface area contributed by atoms with Crippen LogP contribution < -0.4 is 0 Å². The lowest BCUT2D eigenvalue weighted by Crippen LogP contribution is -2.08. The zero-order valence-corrected chi connectivity index (χ0v) is 12.5. The van der Waals surface area contributed by atoms with Crippen LogP contribution in [-0.4, -0.2) is 14.7 Å². The van der Waals surface area contributed by atoms with E-state index >= 15 is 0 Å². The number of aryl methyl sites for hydroxylation is 2. The number of para-hydroxylation sites is 2. The number of aliphatic hydroxyl groups is 1. The van der Waals surface area contributed by atoms with Crippen LogP contribution in [0.5, 0.6) is 0 Å². The van der Waals surface area contributed by atoms with Crippen LogP contribution in [0.25, 0.3) is 11.0 Å². The fourth-order valence-electron chi connectivity index (χ4n) is 2.80. The highest BCUT2D eigenvalue weighted by Crippen LogP contribution is 2.22. The van der Waals surface area contributed by atoms with E-state index in [2.05, 4.69) is 22.5 Å². The molecule has 0 saturated heterocycles. The molecule has 1 unspecified atom stereocenters. The Bertz CT molecular complexity index is 761. The van der Waals surface area contributed by atoms with Crippen molar-refractivity contribution in [3.05, 3.63) is 65.5 Å². The standard InChI is InChI=1S/C18H20N2O/c1-3-20-16-10-5-4-9-15(16)19-18(20)12-17(21)14-8-6-7-13(2)11-14/h4-11,17,21H,3,12H2,1-2H3. The molecule has 0 bridgehead atoms. The monoisotopic (exact) mass is 280 g/mol. The molecule has 0 fully saturated rings. The van der Waals surface area contributed by atoms with Gasteiger partial charge in [0.1, 0.15) is 5.82 Å². The first kappa shape index (κ1) is 13.8. The van der Waals surface area contributed by atoms with Crippen LogP contribution in [0.3, 0.4) is 0 Å². The maximum Gasteiger partial charge on any atom is 0.112 e. The lowest BCUT2D eigenvalue weighted by Gasteiger charge is -2.12. The average Bonchev–Trinajstić information content (AvgIpc) is 2.84. The fraction of sp³-hybridized carbons (Fsp3) is 0.278. The SMILES string of the molecule is CCn1c(CC(O)c2cccc(C)c2)nc2ccccc21. The van der Waals surface area contributed by atoms with Crippen molar-refractivity contribution in [2.24, 2.45) is 0 Å². The van der Waals surface area contributed by atoms with Gasteiger partial charge in [-0.15, -0.1) is 0 Å². The zero-order chi connectivity index (χ0) is 14.8. The molecule has 21 heavy (non-hydrogen) atoms. The highest BCUT2D eigenvalue weighted by atomic mass is 16.3. The topological polar surface area (TPSA) is 38.0 Å². The second kappa shape index (κ2) is 5.70. The second-order valence-corrected chi connectivity index (χ2v) is 5.40. The van der Waals surface area contributed by atoms with Crippen molar-refractivity contribution < 1.29 is 5.11 Å². The quantitative estimate of drug-likeness (QED) is 0.792. The molecule has 3 nitrogen and oxygen atoms in total. The summed E-state index contributed by atoms with van der Waals surface area (Å²) in [6.45, 7) is 5.00. The van der Waals surface area contributed by atoms with Gasteiger partial charge in [0.2, 0.25) is 0 Å². The third kappa shape index (κ3) is 2.69. The molecular weight excluding hydrogens is 260 g/mol. The summed E-state index contributed by atoms with van der Waals surface area (Å²) in [4.78, 5) is 4.67. The average molecular weight is 280 g/mol. The van der Waals surface area contributed by atoms with E-state index in [9.17, 15) is 5.11 Å². The second-order valence-electron chi connectivity index (χ2n) is 5.40. The Kier molecular flexibility index (Phi) is 3.76. The van der Waals surface area contributed by atoms with Crippen molar-refractivity contribution in [3.8, 4) is 0 Å². The first-order chi connectivity index (χ1) is 10.2. The third-order valence-electron chi connectivity index (χ3n) is 3.85.